The van der Waals surface area contributed by atoms with Gasteiger partial charge in [0.1, 0.15) is 17.3 Å². The largest absolute Gasteiger partial charge is 0.457 e. The van der Waals surface area contributed by atoms with Gasteiger partial charge in [0, 0.05) is 28.9 Å². The molecule has 1 heterocycles. The number of aromatic nitrogens is 1. The van der Waals surface area contributed by atoms with Crippen LogP contribution < -0.4 is 10.1 Å². The summed E-state index contributed by atoms with van der Waals surface area (Å²) >= 11 is 11.9. The predicted octanol–water partition coefficient (Wildman–Crippen LogP) is 5.00. The van der Waals surface area contributed by atoms with Gasteiger partial charge in [-0.25, -0.2) is 4.98 Å². The Morgan fingerprint density at radius 3 is 2.53 bits per heavy atom. The van der Waals surface area contributed by atoms with E-state index in [0.29, 0.717) is 21.5 Å². The molecule has 0 bridgehead atoms. The fourth-order valence-corrected chi connectivity index (χ4v) is 2.05. The highest BCUT2D eigenvalue weighted by Gasteiger charge is 2.02. The summed E-state index contributed by atoms with van der Waals surface area (Å²) in [5, 5.41) is 4.28. The molecule has 0 radical (unpaired) electrons. The average Bonchev–Trinajstić information content (AvgIpc) is 2.35. The van der Waals surface area contributed by atoms with Crippen LogP contribution in [0.3, 0.4) is 0 Å². The molecule has 0 aliphatic heterocycles. The van der Waals surface area contributed by atoms with E-state index in [0.717, 1.165) is 18.8 Å². The molecule has 0 aliphatic carbocycles. The maximum Gasteiger partial charge on any atom is 0.132 e. The van der Waals surface area contributed by atoms with Crippen molar-refractivity contribution in [3.63, 3.8) is 0 Å². The van der Waals surface area contributed by atoms with Crippen LogP contribution in [-0.4, -0.2) is 11.5 Å². The number of nitrogens with one attached hydrogen (secondary N) is 1. The van der Waals surface area contributed by atoms with Crippen molar-refractivity contribution in [2.24, 2.45) is 0 Å². The van der Waals surface area contributed by atoms with Crippen LogP contribution in [0.4, 0.5) is 5.82 Å². The monoisotopic (exact) mass is 296 g/mol. The minimum atomic E-state index is 0.542. The summed E-state index contributed by atoms with van der Waals surface area (Å²) in [6.45, 7) is 2.97. The first-order valence-corrected chi connectivity index (χ1v) is 6.77. The van der Waals surface area contributed by atoms with E-state index in [1.54, 1.807) is 30.5 Å². The molecule has 2 rings (SSSR count). The Labute approximate surface area is 122 Å². The number of benzene rings is 1. The third-order valence-corrected chi connectivity index (χ3v) is 2.80. The van der Waals surface area contributed by atoms with Crippen LogP contribution in [0.15, 0.2) is 36.5 Å². The fourth-order valence-electron chi connectivity index (χ4n) is 1.55. The lowest BCUT2D eigenvalue weighted by atomic mass is 10.3. The number of rotatable bonds is 5. The number of nitrogens with zero attached hydrogens (tertiary/aromatic N) is 1. The van der Waals surface area contributed by atoms with Crippen molar-refractivity contribution >= 4 is 29.0 Å². The highest BCUT2D eigenvalue weighted by Crippen LogP contribution is 2.28. The SMILES string of the molecule is CCCNc1cc(Oc2cc(Cl)cc(Cl)c2)ccn1. The van der Waals surface area contributed by atoms with Gasteiger partial charge in [0.25, 0.3) is 0 Å². The molecule has 19 heavy (non-hydrogen) atoms. The van der Waals surface area contributed by atoms with Gasteiger partial charge >= 0.3 is 0 Å². The summed E-state index contributed by atoms with van der Waals surface area (Å²) < 4.78 is 5.71. The first kappa shape index (κ1) is 14.0. The molecule has 0 unspecified atom stereocenters. The molecule has 1 N–H and O–H groups in total. The number of hydrogen-bond donors (Lipinski definition) is 1. The van der Waals surface area contributed by atoms with Crippen molar-refractivity contribution in [3.8, 4) is 11.5 Å². The van der Waals surface area contributed by atoms with Crippen molar-refractivity contribution in [1.29, 1.82) is 0 Å². The second kappa shape index (κ2) is 6.64. The zero-order chi connectivity index (χ0) is 13.7. The van der Waals surface area contributed by atoms with Crippen molar-refractivity contribution in [3.05, 3.63) is 46.6 Å². The van der Waals surface area contributed by atoms with Gasteiger partial charge in [-0.15, -0.1) is 0 Å². The van der Waals surface area contributed by atoms with E-state index in [1.807, 2.05) is 6.07 Å². The van der Waals surface area contributed by atoms with E-state index in [1.165, 1.54) is 0 Å². The van der Waals surface area contributed by atoms with E-state index in [4.69, 9.17) is 27.9 Å². The van der Waals surface area contributed by atoms with Crippen LogP contribution in [0.1, 0.15) is 13.3 Å². The molecule has 1 aromatic carbocycles. The normalized spacial score (nSPS) is 10.3. The van der Waals surface area contributed by atoms with Crippen molar-refractivity contribution in [1.82, 2.24) is 4.98 Å². The summed E-state index contributed by atoms with van der Waals surface area (Å²) in [5.74, 6) is 2.07. The molecule has 100 valence electrons. The number of pyridine rings is 1. The van der Waals surface area contributed by atoms with Gasteiger partial charge in [-0.1, -0.05) is 30.1 Å². The Kier molecular flexibility index (Phi) is 4.88. The zero-order valence-electron chi connectivity index (χ0n) is 10.5. The van der Waals surface area contributed by atoms with Crippen LogP contribution in [0.25, 0.3) is 0 Å². The molecule has 1 aromatic heterocycles. The summed E-state index contributed by atoms with van der Waals surface area (Å²) in [5.41, 5.74) is 0. The second-order valence-electron chi connectivity index (χ2n) is 4.01. The summed E-state index contributed by atoms with van der Waals surface area (Å²) in [4.78, 5) is 4.21. The standard InChI is InChI=1S/C14H14Cl2N2O/c1-2-4-17-14-9-12(3-5-18-14)19-13-7-10(15)6-11(16)8-13/h3,5-9H,2,4H2,1H3,(H,17,18). The maximum atomic E-state index is 5.93. The molecule has 5 heteroatoms. The van der Waals surface area contributed by atoms with Crippen LogP contribution >= 0.6 is 23.2 Å². The topological polar surface area (TPSA) is 34.1 Å². The van der Waals surface area contributed by atoms with E-state index >= 15 is 0 Å². The second-order valence-corrected chi connectivity index (χ2v) is 4.88. The molecule has 0 fully saturated rings. The minimum Gasteiger partial charge on any atom is -0.457 e. The van der Waals surface area contributed by atoms with Crippen molar-refractivity contribution in [2.75, 3.05) is 11.9 Å². The van der Waals surface area contributed by atoms with Crippen LogP contribution in [-0.2, 0) is 0 Å². The quantitative estimate of drug-likeness (QED) is 0.843. The number of hydrogen-bond acceptors (Lipinski definition) is 3. The van der Waals surface area contributed by atoms with E-state index in [2.05, 4.69) is 17.2 Å². The van der Waals surface area contributed by atoms with Crippen LogP contribution in [0, 0.1) is 0 Å². The Hall–Kier alpha value is -1.45. The van der Waals surface area contributed by atoms with Crippen molar-refractivity contribution in [2.45, 2.75) is 13.3 Å². The van der Waals surface area contributed by atoms with Gasteiger partial charge in [0.2, 0.25) is 0 Å². The first-order valence-electron chi connectivity index (χ1n) is 6.01. The van der Waals surface area contributed by atoms with Gasteiger partial charge in [0.05, 0.1) is 0 Å². The third-order valence-electron chi connectivity index (χ3n) is 2.36. The highest BCUT2D eigenvalue weighted by molar-refractivity contribution is 6.34. The van der Waals surface area contributed by atoms with Crippen LogP contribution in [0.5, 0.6) is 11.5 Å². The van der Waals surface area contributed by atoms with Gasteiger partial charge < -0.3 is 10.1 Å². The molecular weight excluding hydrogens is 283 g/mol. The Bertz CT molecular complexity index is 541. The Morgan fingerprint density at radius 2 is 1.84 bits per heavy atom. The Morgan fingerprint density at radius 1 is 1.11 bits per heavy atom. The number of anilines is 1. The van der Waals surface area contributed by atoms with E-state index in [9.17, 15) is 0 Å². The highest BCUT2D eigenvalue weighted by atomic mass is 35.5. The predicted molar refractivity (Wildman–Crippen MR) is 79.6 cm³/mol. The van der Waals surface area contributed by atoms with Gasteiger partial charge in [-0.2, -0.15) is 0 Å². The molecule has 0 saturated carbocycles. The number of halogens is 2. The van der Waals surface area contributed by atoms with Gasteiger partial charge in [-0.05, 0) is 30.7 Å². The minimum absolute atomic E-state index is 0.542. The van der Waals surface area contributed by atoms with Gasteiger partial charge in [0.15, 0.2) is 0 Å². The summed E-state index contributed by atoms with van der Waals surface area (Å²) in [6, 6.07) is 8.72. The molecule has 0 amide bonds. The number of ether oxygens (including phenoxy) is 1. The average molecular weight is 297 g/mol. The first-order chi connectivity index (χ1) is 9.17. The van der Waals surface area contributed by atoms with Crippen molar-refractivity contribution < 1.29 is 4.74 Å². The van der Waals surface area contributed by atoms with Crippen LogP contribution in [0.2, 0.25) is 10.0 Å². The van der Waals surface area contributed by atoms with E-state index < -0.39 is 0 Å². The fraction of sp³-hybridized carbons (Fsp3) is 0.214. The molecule has 0 saturated heterocycles. The molecule has 2 aromatic rings. The maximum absolute atomic E-state index is 5.93. The summed E-state index contributed by atoms with van der Waals surface area (Å²) in [7, 11) is 0. The van der Waals surface area contributed by atoms with E-state index in [-0.39, 0.29) is 0 Å². The lowest BCUT2D eigenvalue weighted by molar-refractivity contribution is 0.482. The smallest absolute Gasteiger partial charge is 0.132 e. The molecule has 0 aliphatic rings. The molecule has 3 nitrogen and oxygen atoms in total. The third kappa shape index (κ3) is 4.30. The Balaban J connectivity index is 2.13. The summed E-state index contributed by atoms with van der Waals surface area (Å²) in [6.07, 6.45) is 2.73. The lowest BCUT2D eigenvalue weighted by Gasteiger charge is -2.09. The zero-order valence-corrected chi connectivity index (χ0v) is 12.0. The lowest BCUT2D eigenvalue weighted by Crippen LogP contribution is -2.01. The molecule has 0 atom stereocenters. The molecular formula is C14H14Cl2N2O. The molecule has 0 spiro atoms. The van der Waals surface area contributed by atoms with Gasteiger partial charge in [-0.3, -0.25) is 0 Å².